The Bertz CT molecular complexity index is 970. The first-order valence-corrected chi connectivity index (χ1v) is 11.0. The van der Waals surface area contributed by atoms with Gasteiger partial charge in [0.15, 0.2) is 0 Å². The van der Waals surface area contributed by atoms with Gasteiger partial charge >= 0.3 is 0 Å². The van der Waals surface area contributed by atoms with E-state index in [1.165, 1.54) is 5.56 Å². The average Bonchev–Trinajstić information content (AvgIpc) is 3.41. The summed E-state index contributed by atoms with van der Waals surface area (Å²) in [4.78, 5) is 9.08. The highest BCUT2D eigenvalue weighted by Crippen LogP contribution is 2.29. The summed E-state index contributed by atoms with van der Waals surface area (Å²) in [6.07, 6.45) is 4.04. The molecule has 0 aliphatic carbocycles. The molecule has 2 aromatic carbocycles. The predicted molar refractivity (Wildman–Crippen MR) is 121 cm³/mol. The van der Waals surface area contributed by atoms with Gasteiger partial charge in [-0.3, -0.25) is 0 Å². The maximum Gasteiger partial charge on any atom is 0.223 e. The predicted octanol–water partition coefficient (Wildman–Crippen LogP) is 3.31. The molecule has 6 heteroatoms. The normalized spacial score (nSPS) is 24.8. The van der Waals surface area contributed by atoms with Crippen LogP contribution in [0.3, 0.4) is 0 Å². The summed E-state index contributed by atoms with van der Waals surface area (Å²) in [6.45, 7) is 2.22. The fourth-order valence-electron chi connectivity index (χ4n) is 4.39. The molecule has 2 saturated heterocycles. The van der Waals surface area contributed by atoms with Gasteiger partial charge in [-0.1, -0.05) is 60.7 Å². The van der Waals surface area contributed by atoms with Gasteiger partial charge in [0.1, 0.15) is 12.2 Å². The second kappa shape index (κ2) is 9.56. The van der Waals surface area contributed by atoms with Crippen molar-refractivity contribution in [3.63, 3.8) is 0 Å². The van der Waals surface area contributed by atoms with E-state index in [-0.39, 0.29) is 24.3 Å². The van der Waals surface area contributed by atoms with Crippen molar-refractivity contribution < 1.29 is 9.47 Å². The highest BCUT2D eigenvalue weighted by Gasteiger charge is 2.47. The Kier molecular flexibility index (Phi) is 6.20. The van der Waals surface area contributed by atoms with Crippen LogP contribution in [0.4, 0.5) is 5.95 Å². The first kappa shape index (κ1) is 20.1. The van der Waals surface area contributed by atoms with Crippen LogP contribution in [-0.2, 0) is 15.9 Å². The SMILES string of the molecule is c1ccc(CCCN[C@H]2CO[C@H]3[C@@H]2OC[C@@H]3Nc2nccc(-c3ccccc3)n2)cc1. The summed E-state index contributed by atoms with van der Waals surface area (Å²) in [7, 11) is 0. The second-order valence-electron chi connectivity index (χ2n) is 8.13. The van der Waals surface area contributed by atoms with E-state index in [1.54, 1.807) is 6.20 Å². The topological polar surface area (TPSA) is 68.3 Å². The smallest absolute Gasteiger partial charge is 0.223 e. The first-order chi connectivity index (χ1) is 15.4. The summed E-state index contributed by atoms with van der Waals surface area (Å²) >= 11 is 0. The molecule has 0 unspecified atom stereocenters. The molecule has 5 rings (SSSR count). The van der Waals surface area contributed by atoms with Crippen molar-refractivity contribution in [1.29, 1.82) is 0 Å². The van der Waals surface area contributed by atoms with Crippen LogP contribution in [0.15, 0.2) is 72.9 Å². The lowest BCUT2D eigenvalue weighted by molar-refractivity contribution is 0.0676. The van der Waals surface area contributed by atoms with Crippen molar-refractivity contribution in [3.8, 4) is 11.3 Å². The molecule has 2 aliphatic heterocycles. The number of aromatic nitrogens is 2. The van der Waals surface area contributed by atoms with Gasteiger partial charge in [0, 0.05) is 11.8 Å². The van der Waals surface area contributed by atoms with E-state index in [0.717, 1.165) is 30.6 Å². The standard InChI is InChI=1S/C25H28N4O2/c1-3-8-18(9-4-1)10-7-14-26-21-16-30-24-22(17-31-23(21)24)29-25-27-15-13-20(28-25)19-11-5-2-6-12-19/h1-6,8-9,11-13,15,21-24,26H,7,10,14,16-17H2,(H,27,28,29)/t21-,22-,23+,24+/m0/s1. The Morgan fingerprint density at radius 1 is 0.839 bits per heavy atom. The van der Waals surface area contributed by atoms with Gasteiger partial charge in [-0.15, -0.1) is 0 Å². The van der Waals surface area contributed by atoms with E-state index in [2.05, 4.69) is 63.1 Å². The highest BCUT2D eigenvalue weighted by molar-refractivity contribution is 5.59. The molecule has 0 bridgehead atoms. The minimum absolute atomic E-state index is 0.00982. The third kappa shape index (κ3) is 4.77. The summed E-state index contributed by atoms with van der Waals surface area (Å²) < 4.78 is 12.2. The van der Waals surface area contributed by atoms with E-state index in [9.17, 15) is 0 Å². The Morgan fingerprint density at radius 2 is 1.55 bits per heavy atom. The van der Waals surface area contributed by atoms with E-state index in [4.69, 9.17) is 9.47 Å². The van der Waals surface area contributed by atoms with Crippen LogP contribution in [0.1, 0.15) is 12.0 Å². The maximum absolute atomic E-state index is 6.10. The van der Waals surface area contributed by atoms with Crippen LogP contribution in [0, 0.1) is 0 Å². The summed E-state index contributed by atoms with van der Waals surface area (Å²) in [6, 6.07) is 22.9. The molecule has 1 aromatic heterocycles. The first-order valence-electron chi connectivity index (χ1n) is 11.0. The van der Waals surface area contributed by atoms with Gasteiger partial charge < -0.3 is 20.1 Å². The van der Waals surface area contributed by atoms with E-state index in [1.807, 2.05) is 24.3 Å². The molecule has 0 saturated carbocycles. The molecule has 0 spiro atoms. The quantitative estimate of drug-likeness (QED) is 0.549. The van der Waals surface area contributed by atoms with Crippen LogP contribution in [0.5, 0.6) is 0 Å². The van der Waals surface area contributed by atoms with Gasteiger partial charge in [0.25, 0.3) is 0 Å². The summed E-state index contributed by atoms with van der Waals surface area (Å²) in [5.74, 6) is 0.610. The summed E-state index contributed by atoms with van der Waals surface area (Å²) in [5, 5.41) is 7.06. The number of hydrogen-bond acceptors (Lipinski definition) is 6. The molecule has 2 aliphatic rings. The largest absolute Gasteiger partial charge is 0.371 e. The molecule has 31 heavy (non-hydrogen) atoms. The molecule has 160 valence electrons. The average molecular weight is 417 g/mol. The molecule has 4 atom stereocenters. The number of hydrogen-bond donors (Lipinski definition) is 2. The third-order valence-corrected chi connectivity index (χ3v) is 5.98. The lowest BCUT2D eigenvalue weighted by atomic mass is 10.1. The highest BCUT2D eigenvalue weighted by atomic mass is 16.6. The van der Waals surface area contributed by atoms with Crippen molar-refractivity contribution in [2.75, 3.05) is 25.1 Å². The number of ether oxygens (including phenoxy) is 2. The monoisotopic (exact) mass is 416 g/mol. The van der Waals surface area contributed by atoms with Crippen LogP contribution < -0.4 is 10.6 Å². The number of nitrogens with zero attached hydrogens (tertiary/aromatic N) is 2. The molecule has 3 aromatic rings. The fraction of sp³-hybridized carbons (Fsp3) is 0.360. The van der Waals surface area contributed by atoms with Gasteiger partial charge in [0.2, 0.25) is 5.95 Å². The minimum atomic E-state index is 0.00982. The lowest BCUT2D eigenvalue weighted by Gasteiger charge is -2.18. The van der Waals surface area contributed by atoms with Gasteiger partial charge in [-0.2, -0.15) is 0 Å². The van der Waals surface area contributed by atoms with Crippen molar-refractivity contribution in [2.45, 2.75) is 37.1 Å². The number of aryl methyl sites for hydroxylation is 1. The Balaban J connectivity index is 1.14. The molecular formula is C25H28N4O2. The third-order valence-electron chi connectivity index (χ3n) is 5.98. The lowest BCUT2D eigenvalue weighted by Crippen LogP contribution is -2.42. The maximum atomic E-state index is 6.10. The Morgan fingerprint density at radius 3 is 2.35 bits per heavy atom. The van der Waals surface area contributed by atoms with Crippen LogP contribution in [0.2, 0.25) is 0 Å². The van der Waals surface area contributed by atoms with Gasteiger partial charge in [-0.25, -0.2) is 9.97 Å². The van der Waals surface area contributed by atoms with Crippen LogP contribution >= 0.6 is 0 Å². The van der Waals surface area contributed by atoms with Gasteiger partial charge in [-0.05, 0) is 31.0 Å². The van der Waals surface area contributed by atoms with Crippen molar-refractivity contribution in [3.05, 3.63) is 78.5 Å². The zero-order chi connectivity index (χ0) is 20.9. The summed E-state index contributed by atoms with van der Waals surface area (Å²) in [5.41, 5.74) is 3.35. The zero-order valence-corrected chi connectivity index (χ0v) is 17.5. The molecule has 0 amide bonds. The van der Waals surface area contributed by atoms with E-state index >= 15 is 0 Å². The minimum Gasteiger partial charge on any atom is -0.371 e. The number of benzene rings is 2. The molecule has 2 fully saturated rings. The molecule has 0 radical (unpaired) electrons. The van der Waals surface area contributed by atoms with E-state index in [0.29, 0.717) is 19.2 Å². The van der Waals surface area contributed by atoms with Crippen molar-refractivity contribution in [2.24, 2.45) is 0 Å². The fourth-order valence-corrected chi connectivity index (χ4v) is 4.39. The van der Waals surface area contributed by atoms with Gasteiger partial charge in [0.05, 0.1) is 31.0 Å². The van der Waals surface area contributed by atoms with Crippen LogP contribution in [-0.4, -0.2) is 54.0 Å². The molecular weight excluding hydrogens is 388 g/mol. The van der Waals surface area contributed by atoms with Crippen molar-refractivity contribution in [1.82, 2.24) is 15.3 Å². The molecule has 3 heterocycles. The van der Waals surface area contributed by atoms with Crippen molar-refractivity contribution >= 4 is 5.95 Å². The second-order valence-corrected chi connectivity index (χ2v) is 8.13. The number of rotatable bonds is 8. The molecule has 2 N–H and O–H groups in total. The van der Waals surface area contributed by atoms with Crippen LogP contribution in [0.25, 0.3) is 11.3 Å². The number of anilines is 1. The number of fused-ring (bicyclic) bond motifs is 1. The zero-order valence-electron chi connectivity index (χ0n) is 17.5. The Labute approximate surface area is 183 Å². The van der Waals surface area contributed by atoms with E-state index < -0.39 is 0 Å². The Hall–Kier alpha value is -2.80. The molecule has 6 nitrogen and oxygen atoms in total. The number of nitrogens with one attached hydrogen (secondary N) is 2.